The van der Waals surface area contributed by atoms with Gasteiger partial charge in [-0.15, -0.1) is 0 Å². The van der Waals surface area contributed by atoms with Gasteiger partial charge < -0.3 is 15.1 Å². The number of nitrogens with zero attached hydrogens (tertiary/aromatic N) is 2. The number of hydrogen-bond acceptors (Lipinski definition) is 3. The summed E-state index contributed by atoms with van der Waals surface area (Å²) < 4.78 is 0. The normalized spacial score (nSPS) is 21.9. The molecule has 4 rings (SSSR count). The van der Waals surface area contributed by atoms with Crippen molar-refractivity contribution in [1.29, 1.82) is 0 Å². The van der Waals surface area contributed by atoms with E-state index in [2.05, 4.69) is 5.32 Å². The van der Waals surface area contributed by atoms with Crippen LogP contribution >= 0.6 is 23.2 Å². The smallest absolute Gasteiger partial charge is 0.254 e. The van der Waals surface area contributed by atoms with Crippen molar-refractivity contribution in [2.75, 3.05) is 18.9 Å². The first kappa shape index (κ1) is 23.6. The zero-order chi connectivity index (χ0) is 23.5. The van der Waals surface area contributed by atoms with Crippen molar-refractivity contribution in [2.45, 2.75) is 44.2 Å². The molecule has 3 atom stereocenters. The van der Waals surface area contributed by atoms with Crippen molar-refractivity contribution in [3.05, 3.63) is 64.1 Å². The average molecular weight is 488 g/mol. The third kappa shape index (κ3) is 5.02. The standard InChI is InChI=1S/C25H27Cl2N3O3/c1-29(15-22(31)28-23-18(26)11-7-12-19(23)27)25(33)21-14-17-10-5-6-13-20(17)30(21)24(32)16-8-3-2-4-9-16/h2-4,7-9,11-12,17,20-21H,5-6,10,13-15H2,1H3,(H,28,31). The van der Waals surface area contributed by atoms with Gasteiger partial charge in [0, 0.05) is 18.7 Å². The number of carbonyl (C=O) groups is 3. The van der Waals surface area contributed by atoms with Gasteiger partial charge in [-0.1, -0.05) is 60.3 Å². The van der Waals surface area contributed by atoms with Gasteiger partial charge in [0.1, 0.15) is 6.04 Å². The average Bonchev–Trinajstić information content (AvgIpc) is 3.20. The first-order valence-electron chi connectivity index (χ1n) is 11.2. The predicted molar refractivity (Wildman–Crippen MR) is 129 cm³/mol. The van der Waals surface area contributed by atoms with Crippen molar-refractivity contribution in [3.63, 3.8) is 0 Å². The molecule has 1 N–H and O–H groups in total. The Hall–Kier alpha value is -2.57. The summed E-state index contributed by atoms with van der Waals surface area (Å²) in [5.41, 5.74) is 0.898. The second-order valence-corrected chi connectivity index (χ2v) is 9.60. The molecule has 1 aliphatic carbocycles. The molecule has 2 aromatic rings. The van der Waals surface area contributed by atoms with Gasteiger partial charge in [-0.2, -0.15) is 0 Å². The Bertz CT molecular complexity index is 1030. The summed E-state index contributed by atoms with van der Waals surface area (Å²) in [4.78, 5) is 42.7. The zero-order valence-electron chi connectivity index (χ0n) is 18.5. The number of halogens is 2. The van der Waals surface area contributed by atoms with E-state index in [0.29, 0.717) is 33.6 Å². The van der Waals surface area contributed by atoms with Crippen LogP contribution in [-0.2, 0) is 9.59 Å². The summed E-state index contributed by atoms with van der Waals surface area (Å²) >= 11 is 12.3. The first-order chi connectivity index (χ1) is 15.9. The van der Waals surface area contributed by atoms with Crippen LogP contribution in [0.15, 0.2) is 48.5 Å². The summed E-state index contributed by atoms with van der Waals surface area (Å²) in [5, 5.41) is 3.33. The first-order valence-corrected chi connectivity index (χ1v) is 12.0. The van der Waals surface area contributed by atoms with Crippen LogP contribution in [0.3, 0.4) is 0 Å². The molecule has 0 aromatic heterocycles. The van der Waals surface area contributed by atoms with Crippen LogP contribution in [0.2, 0.25) is 10.0 Å². The van der Waals surface area contributed by atoms with Crippen molar-refractivity contribution < 1.29 is 14.4 Å². The van der Waals surface area contributed by atoms with Gasteiger partial charge in [-0.25, -0.2) is 0 Å². The molecule has 1 saturated carbocycles. The maximum absolute atomic E-state index is 13.5. The number of rotatable bonds is 5. The molecule has 33 heavy (non-hydrogen) atoms. The molecule has 6 nitrogen and oxygen atoms in total. The van der Waals surface area contributed by atoms with Crippen LogP contribution in [0.1, 0.15) is 42.5 Å². The van der Waals surface area contributed by atoms with E-state index >= 15 is 0 Å². The van der Waals surface area contributed by atoms with Gasteiger partial charge in [-0.3, -0.25) is 14.4 Å². The van der Waals surface area contributed by atoms with Crippen molar-refractivity contribution in [3.8, 4) is 0 Å². The summed E-state index contributed by atoms with van der Waals surface area (Å²) in [6, 6.07) is 13.5. The molecule has 3 unspecified atom stereocenters. The summed E-state index contributed by atoms with van der Waals surface area (Å²) in [6.45, 7) is -0.167. The largest absolute Gasteiger partial charge is 0.335 e. The molecular weight excluding hydrogens is 461 g/mol. The highest BCUT2D eigenvalue weighted by Gasteiger charge is 2.48. The fourth-order valence-corrected chi connectivity index (χ4v) is 5.54. The number of hydrogen-bond donors (Lipinski definition) is 1. The molecule has 1 saturated heterocycles. The Kier molecular flexibility index (Phi) is 7.25. The highest BCUT2D eigenvalue weighted by Crippen LogP contribution is 2.41. The molecular formula is C25H27Cl2N3O3. The zero-order valence-corrected chi connectivity index (χ0v) is 20.0. The maximum Gasteiger partial charge on any atom is 0.254 e. The van der Waals surface area contributed by atoms with Crippen LogP contribution in [-0.4, -0.2) is 53.2 Å². The number of likely N-dealkylation sites (N-methyl/N-ethyl adjacent to an activating group) is 1. The molecule has 2 aromatic carbocycles. The van der Waals surface area contributed by atoms with E-state index in [-0.39, 0.29) is 24.4 Å². The lowest BCUT2D eigenvalue weighted by atomic mass is 9.84. The van der Waals surface area contributed by atoms with Crippen molar-refractivity contribution in [2.24, 2.45) is 5.92 Å². The van der Waals surface area contributed by atoms with Gasteiger partial charge in [0.15, 0.2) is 0 Å². The minimum absolute atomic E-state index is 0.0598. The number of benzene rings is 2. The number of fused-ring (bicyclic) bond motifs is 1. The molecule has 3 amide bonds. The maximum atomic E-state index is 13.5. The molecule has 2 aliphatic rings. The summed E-state index contributed by atoms with van der Waals surface area (Å²) in [7, 11) is 1.59. The van der Waals surface area contributed by atoms with Crippen LogP contribution in [0, 0.1) is 5.92 Å². The third-order valence-corrected chi connectivity index (χ3v) is 7.24. The van der Waals surface area contributed by atoms with E-state index in [4.69, 9.17) is 23.2 Å². The number of amides is 3. The minimum Gasteiger partial charge on any atom is -0.335 e. The number of nitrogens with one attached hydrogen (secondary N) is 1. The van der Waals surface area contributed by atoms with E-state index in [1.54, 1.807) is 42.3 Å². The Morgan fingerprint density at radius 1 is 1.00 bits per heavy atom. The molecule has 2 fully saturated rings. The molecule has 8 heteroatoms. The van der Waals surface area contributed by atoms with Gasteiger partial charge in [0.2, 0.25) is 11.8 Å². The Morgan fingerprint density at radius 2 is 1.67 bits per heavy atom. The second-order valence-electron chi connectivity index (χ2n) is 8.78. The van der Waals surface area contributed by atoms with Gasteiger partial charge in [-0.05, 0) is 49.4 Å². The topological polar surface area (TPSA) is 69.7 Å². The van der Waals surface area contributed by atoms with E-state index in [1.807, 2.05) is 18.2 Å². The van der Waals surface area contributed by atoms with Crippen LogP contribution < -0.4 is 5.32 Å². The van der Waals surface area contributed by atoms with Gasteiger partial charge in [0.25, 0.3) is 5.91 Å². The molecule has 174 valence electrons. The van der Waals surface area contributed by atoms with E-state index in [1.165, 1.54) is 4.90 Å². The van der Waals surface area contributed by atoms with E-state index in [9.17, 15) is 14.4 Å². The van der Waals surface area contributed by atoms with Gasteiger partial charge in [0.05, 0.1) is 22.3 Å². The summed E-state index contributed by atoms with van der Waals surface area (Å²) in [6.07, 6.45) is 4.72. The fraction of sp³-hybridized carbons (Fsp3) is 0.400. The lowest BCUT2D eigenvalue weighted by Crippen LogP contribution is -2.51. The Balaban J connectivity index is 1.50. The Morgan fingerprint density at radius 3 is 2.36 bits per heavy atom. The summed E-state index contributed by atoms with van der Waals surface area (Å²) in [5.74, 6) is -0.445. The quantitative estimate of drug-likeness (QED) is 0.654. The monoisotopic (exact) mass is 487 g/mol. The minimum atomic E-state index is -0.576. The molecule has 0 radical (unpaired) electrons. The molecule has 1 aliphatic heterocycles. The van der Waals surface area contributed by atoms with Crippen LogP contribution in [0.4, 0.5) is 5.69 Å². The third-order valence-electron chi connectivity index (χ3n) is 6.61. The molecule has 0 spiro atoms. The van der Waals surface area contributed by atoms with Crippen LogP contribution in [0.5, 0.6) is 0 Å². The van der Waals surface area contributed by atoms with Crippen LogP contribution in [0.25, 0.3) is 0 Å². The van der Waals surface area contributed by atoms with E-state index in [0.717, 1.165) is 25.7 Å². The number of carbonyl (C=O) groups excluding carboxylic acids is 3. The highest BCUT2D eigenvalue weighted by molar-refractivity contribution is 6.39. The van der Waals surface area contributed by atoms with Gasteiger partial charge >= 0.3 is 0 Å². The highest BCUT2D eigenvalue weighted by atomic mass is 35.5. The number of likely N-dealkylation sites (tertiary alicyclic amines) is 1. The number of para-hydroxylation sites is 1. The SMILES string of the molecule is CN(CC(=O)Nc1c(Cl)cccc1Cl)C(=O)C1CC2CCCCC2N1C(=O)c1ccccc1. The predicted octanol–water partition coefficient (Wildman–Crippen LogP) is 4.86. The number of anilines is 1. The fourth-order valence-electron chi connectivity index (χ4n) is 5.05. The Labute approximate surface area is 203 Å². The van der Waals surface area contributed by atoms with Crippen molar-refractivity contribution in [1.82, 2.24) is 9.80 Å². The molecule has 0 bridgehead atoms. The van der Waals surface area contributed by atoms with E-state index < -0.39 is 11.9 Å². The lowest BCUT2D eigenvalue weighted by Gasteiger charge is -2.34. The molecule has 1 heterocycles. The lowest BCUT2D eigenvalue weighted by molar-refractivity contribution is -0.137. The van der Waals surface area contributed by atoms with Crippen molar-refractivity contribution >= 4 is 46.6 Å². The second kappa shape index (κ2) is 10.1.